The van der Waals surface area contributed by atoms with E-state index in [-0.39, 0.29) is 27.8 Å². The summed E-state index contributed by atoms with van der Waals surface area (Å²) in [6.45, 7) is 5.20. The SMILES string of the molecule is CCN(CC)Cc1cnn(-c2ccc(-n3ccc(Cl)c(Cl)c3=O)cc2)c1C(F)(F)F. The van der Waals surface area contributed by atoms with Crippen LogP contribution in [0.4, 0.5) is 13.2 Å². The van der Waals surface area contributed by atoms with Crippen molar-refractivity contribution in [3.8, 4) is 11.4 Å². The molecule has 0 aliphatic heterocycles. The summed E-state index contributed by atoms with van der Waals surface area (Å²) in [4.78, 5) is 14.2. The van der Waals surface area contributed by atoms with Gasteiger partial charge in [0, 0.05) is 24.0 Å². The average molecular weight is 459 g/mol. The standard InChI is InChI=1S/C20H19Cl2F3N4O/c1-3-27(4-2)12-13-11-26-29(18(13)20(23,24)25)15-7-5-14(6-8-15)28-10-9-16(21)17(22)19(28)30/h5-11H,3-4,12H2,1-2H3. The van der Waals surface area contributed by atoms with E-state index in [2.05, 4.69) is 5.10 Å². The Morgan fingerprint density at radius 1 is 1.03 bits per heavy atom. The summed E-state index contributed by atoms with van der Waals surface area (Å²) in [6, 6.07) is 7.44. The highest BCUT2D eigenvalue weighted by Crippen LogP contribution is 2.34. The fourth-order valence-electron chi connectivity index (χ4n) is 3.13. The average Bonchev–Trinajstić information content (AvgIpc) is 3.15. The number of alkyl halides is 3. The minimum absolute atomic E-state index is 0.107. The van der Waals surface area contributed by atoms with Crippen molar-refractivity contribution in [2.75, 3.05) is 13.1 Å². The van der Waals surface area contributed by atoms with Crippen molar-refractivity contribution < 1.29 is 13.2 Å². The lowest BCUT2D eigenvalue weighted by atomic mass is 10.2. The normalized spacial score (nSPS) is 12.0. The fourth-order valence-corrected chi connectivity index (χ4v) is 3.42. The zero-order chi connectivity index (χ0) is 22.1. The first-order valence-electron chi connectivity index (χ1n) is 9.21. The second-order valence-corrected chi connectivity index (χ2v) is 7.34. The van der Waals surface area contributed by atoms with Crippen LogP contribution in [0.5, 0.6) is 0 Å². The lowest BCUT2D eigenvalue weighted by Crippen LogP contribution is -2.24. The smallest absolute Gasteiger partial charge is 0.299 e. The third kappa shape index (κ3) is 4.40. The number of benzene rings is 1. The van der Waals surface area contributed by atoms with Crippen LogP contribution < -0.4 is 5.56 Å². The van der Waals surface area contributed by atoms with Crippen LogP contribution in [0.25, 0.3) is 11.4 Å². The maximum atomic E-state index is 13.8. The monoisotopic (exact) mass is 458 g/mol. The van der Waals surface area contributed by atoms with E-state index in [1.165, 1.54) is 47.3 Å². The molecule has 0 aliphatic carbocycles. The number of rotatable bonds is 6. The second kappa shape index (κ2) is 8.83. The molecular formula is C20H19Cl2F3N4O. The molecule has 1 aromatic carbocycles. The predicted octanol–water partition coefficient (Wildman–Crippen LogP) is 5.19. The molecule has 0 saturated heterocycles. The Morgan fingerprint density at radius 2 is 1.63 bits per heavy atom. The number of hydrogen-bond donors (Lipinski definition) is 0. The maximum Gasteiger partial charge on any atom is 0.433 e. The van der Waals surface area contributed by atoms with Gasteiger partial charge in [-0.05, 0) is 43.4 Å². The molecule has 160 valence electrons. The lowest BCUT2D eigenvalue weighted by molar-refractivity contribution is -0.143. The summed E-state index contributed by atoms with van der Waals surface area (Å²) < 4.78 is 43.6. The Labute approximate surface area is 181 Å². The highest BCUT2D eigenvalue weighted by molar-refractivity contribution is 6.41. The quantitative estimate of drug-likeness (QED) is 0.510. The van der Waals surface area contributed by atoms with Gasteiger partial charge in [-0.2, -0.15) is 18.3 Å². The van der Waals surface area contributed by atoms with E-state index >= 15 is 0 Å². The van der Waals surface area contributed by atoms with Gasteiger partial charge in [0.25, 0.3) is 5.56 Å². The van der Waals surface area contributed by atoms with Crippen LogP contribution >= 0.6 is 23.2 Å². The number of pyridine rings is 1. The van der Waals surface area contributed by atoms with Crippen LogP contribution in [-0.2, 0) is 12.7 Å². The lowest BCUT2D eigenvalue weighted by Gasteiger charge is -2.19. The Kier molecular flexibility index (Phi) is 6.59. The van der Waals surface area contributed by atoms with Crippen molar-refractivity contribution in [2.24, 2.45) is 0 Å². The van der Waals surface area contributed by atoms with Gasteiger partial charge in [0.05, 0.1) is 16.9 Å². The van der Waals surface area contributed by atoms with Crippen molar-refractivity contribution in [1.82, 2.24) is 19.2 Å². The van der Waals surface area contributed by atoms with Gasteiger partial charge in [0.15, 0.2) is 5.69 Å². The van der Waals surface area contributed by atoms with Gasteiger partial charge < -0.3 is 0 Å². The van der Waals surface area contributed by atoms with Crippen molar-refractivity contribution in [3.05, 3.63) is 74.4 Å². The molecule has 0 bridgehead atoms. The van der Waals surface area contributed by atoms with Crippen LogP contribution in [0.15, 0.2) is 47.5 Å². The molecule has 0 atom stereocenters. The summed E-state index contributed by atoms with van der Waals surface area (Å²) >= 11 is 11.7. The van der Waals surface area contributed by atoms with Gasteiger partial charge in [0.2, 0.25) is 0 Å². The number of aromatic nitrogens is 3. The molecule has 2 aromatic heterocycles. The first kappa shape index (κ1) is 22.4. The van der Waals surface area contributed by atoms with E-state index in [0.717, 1.165) is 4.68 Å². The number of halogens is 5. The summed E-state index contributed by atoms with van der Waals surface area (Å²) in [5.41, 5.74) is -0.560. The Hall–Kier alpha value is -2.29. The first-order valence-corrected chi connectivity index (χ1v) is 9.96. The number of hydrogen-bond acceptors (Lipinski definition) is 3. The molecule has 10 heteroatoms. The van der Waals surface area contributed by atoms with Crippen LogP contribution in [0.1, 0.15) is 25.1 Å². The zero-order valence-corrected chi connectivity index (χ0v) is 17.8. The molecule has 0 N–H and O–H groups in total. The first-order chi connectivity index (χ1) is 14.2. The van der Waals surface area contributed by atoms with Crippen molar-refractivity contribution in [2.45, 2.75) is 26.6 Å². The summed E-state index contributed by atoms with van der Waals surface area (Å²) in [6.07, 6.45) is -1.88. The molecular weight excluding hydrogens is 440 g/mol. The molecule has 0 radical (unpaired) electrons. The highest BCUT2D eigenvalue weighted by Gasteiger charge is 2.38. The van der Waals surface area contributed by atoms with Gasteiger partial charge in [-0.1, -0.05) is 37.0 Å². The molecule has 0 amide bonds. The zero-order valence-electron chi connectivity index (χ0n) is 16.2. The summed E-state index contributed by atoms with van der Waals surface area (Å²) in [7, 11) is 0. The molecule has 0 unspecified atom stereocenters. The molecule has 2 heterocycles. The van der Waals surface area contributed by atoms with Crippen molar-refractivity contribution >= 4 is 23.2 Å². The van der Waals surface area contributed by atoms with Gasteiger partial charge in [-0.3, -0.25) is 14.3 Å². The molecule has 5 nitrogen and oxygen atoms in total. The molecule has 3 aromatic rings. The molecule has 0 saturated carbocycles. The third-order valence-corrected chi connectivity index (χ3v) is 5.54. The Morgan fingerprint density at radius 3 is 2.20 bits per heavy atom. The van der Waals surface area contributed by atoms with E-state index in [1.807, 2.05) is 18.7 Å². The van der Waals surface area contributed by atoms with Crippen molar-refractivity contribution in [1.29, 1.82) is 0 Å². The fraction of sp³-hybridized carbons (Fsp3) is 0.300. The summed E-state index contributed by atoms with van der Waals surface area (Å²) in [5, 5.41) is 3.98. The molecule has 0 aliphatic rings. The van der Waals surface area contributed by atoms with Crippen LogP contribution in [0, 0.1) is 0 Å². The minimum Gasteiger partial charge on any atom is -0.299 e. The minimum atomic E-state index is -4.57. The molecule has 0 spiro atoms. The summed E-state index contributed by atoms with van der Waals surface area (Å²) in [5.74, 6) is 0. The molecule has 0 fully saturated rings. The van der Waals surface area contributed by atoms with Gasteiger partial charge in [-0.15, -0.1) is 0 Å². The Bertz CT molecular complexity index is 1090. The molecule has 3 rings (SSSR count). The highest BCUT2D eigenvalue weighted by atomic mass is 35.5. The van der Waals surface area contributed by atoms with E-state index < -0.39 is 17.4 Å². The van der Waals surface area contributed by atoms with Crippen molar-refractivity contribution in [3.63, 3.8) is 0 Å². The van der Waals surface area contributed by atoms with Crippen LogP contribution in [0.2, 0.25) is 10.0 Å². The predicted molar refractivity (Wildman–Crippen MR) is 111 cm³/mol. The van der Waals surface area contributed by atoms with Crippen LogP contribution in [-0.4, -0.2) is 32.3 Å². The van der Waals surface area contributed by atoms with E-state index in [0.29, 0.717) is 18.8 Å². The number of nitrogens with zero attached hydrogens (tertiary/aromatic N) is 4. The Balaban J connectivity index is 2.02. The third-order valence-electron chi connectivity index (χ3n) is 4.76. The van der Waals surface area contributed by atoms with Gasteiger partial charge in [-0.25, -0.2) is 4.68 Å². The van der Waals surface area contributed by atoms with Gasteiger partial charge >= 0.3 is 6.18 Å². The van der Waals surface area contributed by atoms with E-state index in [9.17, 15) is 18.0 Å². The molecule has 30 heavy (non-hydrogen) atoms. The van der Waals surface area contributed by atoms with E-state index in [4.69, 9.17) is 23.2 Å². The largest absolute Gasteiger partial charge is 0.433 e. The topological polar surface area (TPSA) is 43.1 Å². The van der Waals surface area contributed by atoms with Crippen LogP contribution in [0.3, 0.4) is 0 Å². The van der Waals surface area contributed by atoms with Gasteiger partial charge in [0.1, 0.15) is 5.02 Å². The maximum absolute atomic E-state index is 13.8. The second-order valence-electron chi connectivity index (χ2n) is 6.56. The van der Waals surface area contributed by atoms with E-state index in [1.54, 1.807) is 0 Å².